The first-order valence-corrected chi connectivity index (χ1v) is 15.5. The molecule has 158 valence electrons. The molecule has 0 N–H and O–H groups in total. The Morgan fingerprint density at radius 1 is 0.800 bits per heavy atom. The third-order valence-electron chi connectivity index (χ3n) is 5.98. The van der Waals surface area contributed by atoms with Crippen LogP contribution in [0.3, 0.4) is 0 Å². The van der Waals surface area contributed by atoms with E-state index in [1.54, 1.807) is 11.1 Å². The second kappa shape index (κ2) is 12.7. The molecule has 30 heavy (non-hydrogen) atoms. The van der Waals surface area contributed by atoms with Crippen LogP contribution in [0.1, 0.15) is 69.0 Å². The van der Waals surface area contributed by atoms with E-state index in [2.05, 4.69) is 80.6 Å². The predicted molar refractivity (Wildman–Crippen MR) is 122 cm³/mol. The van der Waals surface area contributed by atoms with E-state index in [-0.39, 0.29) is 32.7 Å². The Kier molecular flexibility index (Phi) is 11.1. The topological polar surface area (TPSA) is 0 Å². The van der Waals surface area contributed by atoms with Gasteiger partial charge >= 0.3 is 185 Å². The summed E-state index contributed by atoms with van der Waals surface area (Å²) in [5, 5.41) is 1.86. The fraction of sp³-hybridized carbons (Fsp3) is 0.385. The summed E-state index contributed by atoms with van der Waals surface area (Å²) in [7, 11) is 0.0328. The van der Waals surface area contributed by atoms with E-state index >= 15 is 0 Å². The van der Waals surface area contributed by atoms with Crippen LogP contribution in [-0.4, -0.2) is 12.3 Å². The number of allylic oxidation sites excluding steroid dienone is 2. The van der Waals surface area contributed by atoms with Gasteiger partial charge in [0.05, 0.1) is 0 Å². The Hall–Kier alpha value is -0.187. The standard InChI is InChI=1S/C17H24P.C9H7.2ClH.Zr/c1-3-5-11-18(12-6-4-2)17-13-15-9-7-8-10-16(15)14-17;1-2-5-9-7-3-6-8(9)4-1;;;/h7-10,13-14H,3-6,11-12H2,1-2H3;1-7H;2*1H;/q;;;;+2/p-2. The number of hydrogen-bond donors (Lipinski definition) is 0. The summed E-state index contributed by atoms with van der Waals surface area (Å²) in [6, 6.07) is 18.4. The zero-order valence-corrected chi connectivity index (χ0v) is 22.8. The molecule has 2 atom stereocenters. The minimum Gasteiger partial charge on any atom is -1.00 e. The van der Waals surface area contributed by atoms with Crippen LogP contribution >= 0.6 is 7.92 Å². The largest absolute Gasteiger partial charge is 1.00 e. The second-order valence-electron chi connectivity index (χ2n) is 7.96. The Bertz CT molecular complexity index is 869. The molecule has 2 aliphatic carbocycles. The summed E-state index contributed by atoms with van der Waals surface area (Å²) in [6.07, 6.45) is 15.9. The van der Waals surface area contributed by atoms with Crippen molar-refractivity contribution in [3.8, 4) is 0 Å². The van der Waals surface area contributed by atoms with Crippen molar-refractivity contribution in [2.75, 3.05) is 12.3 Å². The van der Waals surface area contributed by atoms with E-state index in [4.69, 9.17) is 0 Å². The molecule has 4 rings (SSSR count). The molecule has 0 bridgehead atoms. The van der Waals surface area contributed by atoms with Gasteiger partial charge in [-0.25, -0.2) is 0 Å². The van der Waals surface area contributed by atoms with Crippen molar-refractivity contribution in [2.24, 2.45) is 0 Å². The van der Waals surface area contributed by atoms with Gasteiger partial charge in [-0.15, -0.1) is 0 Å². The van der Waals surface area contributed by atoms with Crippen molar-refractivity contribution in [1.29, 1.82) is 0 Å². The first kappa shape index (κ1) is 26.1. The van der Waals surface area contributed by atoms with E-state index in [1.807, 2.05) is 5.31 Å². The summed E-state index contributed by atoms with van der Waals surface area (Å²) in [5.74, 6) is 0. The first-order chi connectivity index (χ1) is 13.8. The van der Waals surface area contributed by atoms with E-state index in [1.165, 1.54) is 49.1 Å². The normalized spacial score (nSPS) is 18.2. The minimum atomic E-state index is -0.678. The maximum absolute atomic E-state index is 2.63. The molecule has 2 unspecified atom stereocenters. The van der Waals surface area contributed by atoms with Crippen LogP contribution in [0.15, 0.2) is 59.9 Å². The van der Waals surface area contributed by atoms with E-state index in [0.717, 1.165) is 7.25 Å². The number of halogens is 2. The molecule has 0 nitrogen and oxygen atoms in total. The molecule has 0 amide bonds. The van der Waals surface area contributed by atoms with Crippen LogP contribution in [0, 0.1) is 0 Å². The molecule has 2 aromatic carbocycles. The maximum atomic E-state index is 2.63. The Labute approximate surface area is 208 Å². The number of fused-ring (bicyclic) bond motifs is 2. The summed E-state index contributed by atoms with van der Waals surface area (Å²) < 4.78 is 1.51. The van der Waals surface area contributed by atoms with Crippen LogP contribution in [-0.2, 0) is 23.2 Å². The summed E-state index contributed by atoms with van der Waals surface area (Å²) >= 11 is -0.678. The smallest absolute Gasteiger partial charge is 1.00 e. The van der Waals surface area contributed by atoms with Gasteiger partial charge in [0.2, 0.25) is 0 Å². The monoisotopic (exact) mass is 534 g/mol. The van der Waals surface area contributed by atoms with Gasteiger partial charge in [0, 0.05) is 0 Å². The molecular formula is C26H31Cl2PZr. The van der Waals surface area contributed by atoms with Crippen molar-refractivity contribution in [3.05, 3.63) is 82.2 Å². The zero-order chi connectivity index (χ0) is 19.3. The summed E-state index contributed by atoms with van der Waals surface area (Å²) in [5.41, 5.74) is 6.25. The molecule has 0 saturated carbocycles. The predicted octanol–water partition coefficient (Wildman–Crippen LogP) is 2.02. The Morgan fingerprint density at radius 2 is 1.40 bits per heavy atom. The van der Waals surface area contributed by atoms with Crippen molar-refractivity contribution in [3.63, 3.8) is 0 Å². The van der Waals surface area contributed by atoms with Crippen molar-refractivity contribution in [2.45, 2.75) is 46.8 Å². The molecule has 0 aliphatic heterocycles. The van der Waals surface area contributed by atoms with Gasteiger partial charge in [0.15, 0.2) is 0 Å². The second-order valence-corrected chi connectivity index (χ2v) is 14.2. The van der Waals surface area contributed by atoms with Crippen molar-refractivity contribution < 1.29 is 48.0 Å². The van der Waals surface area contributed by atoms with Crippen LogP contribution in [0.4, 0.5) is 0 Å². The zero-order valence-electron chi connectivity index (χ0n) is 18.0. The average Bonchev–Trinajstić information content (AvgIpc) is 3.31. The van der Waals surface area contributed by atoms with Gasteiger partial charge < -0.3 is 24.8 Å². The molecule has 0 fully saturated rings. The number of rotatable bonds is 9. The summed E-state index contributed by atoms with van der Waals surface area (Å²) in [4.78, 5) is 0. The first-order valence-electron chi connectivity index (χ1n) is 10.9. The fourth-order valence-corrected chi connectivity index (χ4v) is 13.3. The number of hydrogen-bond acceptors (Lipinski definition) is 0. The minimum absolute atomic E-state index is 0. The van der Waals surface area contributed by atoms with Crippen LogP contribution < -0.4 is 24.8 Å². The van der Waals surface area contributed by atoms with Crippen LogP contribution in [0.2, 0.25) is 0 Å². The van der Waals surface area contributed by atoms with E-state index < -0.39 is 23.2 Å². The van der Waals surface area contributed by atoms with Gasteiger partial charge in [0.25, 0.3) is 0 Å². The molecular weight excluding hydrogens is 505 g/mol. The van der Waals surface area contributed by atoms with Gasteiger partial charge in [-0.05, 0) is 0 Å². The summed E-state index contributed by atoms with van der Waals surface area (Å²) in [6.45, 7) is 4.69. The molecule has 0 heterocycles. The molecule has 4 heteroatoms. The van der Waals surface area contributed by atoms with Gasteiger partial charge in [-0.1, -0.05) is 0 Å². The van der Waals surface area contributed by atoms with Crippen LogP contribution in [0.25, 0.3) is 12.2 Å². The molecule has 0 saturated heterocycles. The molecule has 2 aliphatic rings. The van der Waals surface area contributed by atoms with E-state index in [9.17, 15) is 0 Å². The quantitative estimate of drug-likeness (QED) is 0.431. The number of unbranched alkanes of at least 4 members (excludes halogenated alkanes) is 2. The van der Waals surface area contributed by atoms with Crippen LogP contribution in [0.5, 0.6) is 0 Å². The Balaban J connectivity index is 0.00000160. The third kappa shape index (κ3) is 5.78. The van der Waals surface area contributed by atoms with Gasteiger partial charge in [0.1, 0.15) is 0 Å². The third-order valence-corrected chi connectivity index (χ3v) is 13.9. The fourth-order valence-electron chi connectivity index (χ4n) is 4.40. The molecule has 0 radical (unpaired) electrons. The van der Waals surface area contributed by atoms with Crippen molar-refractivity contribution >= 4 is 20.1 Å². The molecule has 0 aromatic heterocycles. The average molecular weight is 537 g/mol. The Morgan fingerprint density at radius 3 is 2.07 bits per heavy atom. The van der Waals surface area contributed by atoms with Gasteiger partial charge in [-0.3, -0.25) is 0 Å². The van der Waals surface area contributed by atoms with Gasteiger partial charge in [-0.2, -0.15) is 0 Å². The molecule has 0 spiro atoms. The SMILES string of the molecule is CCCCP(CCCC)C1=Cc2ccccc2[CH]1[Zr+2][CH]1C=Cc2ccccc21.[Cl-].[Cl-]. The number of benzene rings is 2. The van der Waals surface area contributed by atoms with Crippen molar-refractivity contribution in [1.82, 2.24) is 0 Å². The maximum Gasteiger partial charge on any atom is -1.00 e. The molecule has 2 aromatic rings. The van der Waals surface area contributed by atoms with E-state index in [0.29, 0.717) is 0 Å².